The maximum atomic E-state index is 13.8. The van der Waals surface area contributed by atoms with E-state index in [0.717, 1.165) is 16.7 Å². The number of aryl methyl sites for hydroxylation is 2. The molecular formula is C28H25ClN6O3S. The van der Waals surface area contributed by atoms with Crippen LogP contribution in [0.2, 0.25) is 5.02 Å². The number of nitrogens with zero attached hydrogens (tertiary/aromatic N) is 4. The second-order valence-corrected chi connectivity index (χ2v) is 10.6. The van der Waals surface area contributed by atoms with Gasteiger partial charge in [0.1, 0.15) is 6.04 Å². The van der Waals surface area contributed by atoms with Gasteiger partial charge in [0, 0.05) is 34.3 Å². The van der Waals surface area contributed by atoms with E-state index in [4.69, 9.17) is 16.7 Å². The van der Waals surface area contributed by atoms with E-state index in [2.05, 4.69) is 15.6 Å². The van der Waals surface area contributed by atoms with Gasteiger partial charge in [0.15, 0.2) is 0 Å². The van der Waals surface area contributed by atoms with E-state index in [-0.39, 0.29) is 11.6 Å². The molecule has 0 fully saturated rings. The minimum absolute atomic E-state index is 0.0761. The number of halogens is 1. The number of aromatic nitrogens is 3. The molecule has 0 radical (unpaired) electrons. The summed E-state index contributed by atoms with van der Waals surface area (Å²) in [5.74, 6) is 0.653. The number of nitro benzene ring substituents is 1. The van der Waals surface area contributed by atoms with Crippen molar-refractivity contribution in [2.45, 2.75) is 37.7 Å². The van der Waals surface area contributed by atoms with Gasteiger partial charge in [-0.3, -0.25) is 14.9 Å². The van der Waals surface area contributed by atoms with Crippen LogP contribution < -0.4 is 10.6 Å². The van der Waals surface area contributed by atoms with Crippen LogP contribution in [0, 0.1) is 24.0 Å². The molecule has 0 spiro atoms. The van der Waals surface area contributed by atoms with Crippen LogP contribution in [0.25, 0.3) is 0 Å². The first kappa shape index (κ1) is 26.5. The Morgan fingerprint density at radius 2 is 1.92 bits per heavy atom. The summed E-state index contributed by atoms with van der Waals surface area (Å²) in [6, 6.07) is 18.8. The quantitative estimate of drug-likeness (QED) is 0.147. The fourth-order valence-electron chi connectivity index (χ4n) is 4.50. The Morgan fingerprint density at radius 3 is 2.67 bits per heavy atom. The largest absolute Gasteiger partial charge is 0.328 e. The molecule has 0 aliphatic carbocycles. The number of nitro groups is 1. The van der Waals surface area contributed by atoms with Crippen molar-refractivity contribution in [2.75, 3.05) is 10.6 Å². The fraction of sp³-hybridized carbons (Fsp3) is 0.179. The Balaban J connectivity index is 1.53. The van der Waals surface area contributed by atoms with Crippen LogP contribution in [-0.4, -0.2) is 25.6 Å². The molecule has 1 aliphatic rings. The van der Waals surface area contributed by atoms with Crippen LogP contribution in [0.3, 0.4) is 0 Å². The number of nitrogens with one attached hydrogen (secondary N) is 2. The Labute approximate surface area is 234 Å². The zero-order valence-electron chi connectivity index (χ0n) is 21.4. The second-order valence-electron chi connectivity index (χ2n) is 9.23. The third-order valence-electron chi connectivity index (χ3n) is 6.42. The Hall–Kier alpha value is -4.15. The minimum atomic E-state index is -0.742. The van der Waals surface area contributed by atoms with E-state index < -0.39 is 11.0 Å². The van der Waals surface area contributed by atoms with E-state index in [1.165, 1.54) is 23.9 Å². The maximum Gasteiger partial charge on any atom is 0.269 e. The zero-order chi connectivity index (χ0) is 27.7. The van der Waals surface area contributed by atoms with E-state index in [0.29, 0.717) is 44.4 Å². The summed E-state index contributed by atoms with van der Waals surface area (Å²) < 4.78 is 1.61. The molecule has 4 aromatic rings. The van der Waals surface area contributed by atoms with Crippen LogP contribution in [0.15, 0.2) is 83.2 Å². The lowest BCUT2D eigenvalue weighted by Gasteiger charge is -2.28. The number of hydrogen-bond donors (Lipinski definition) is 2. The molecule has 1 amide bonds. The molecule has 0 unspecified atom stereocenters. The molecule has 198 valence electrons. The molecular weight excluding hydrogens is 536 g/mol. The lowest BCUT2D eigenvalue weighted by molar-refractivity contribution is -0.384. The number of non-ortho nitro benzene ring substituents is 1. The number of carbonyl (C=O) groups excluding carboxylic acids is 1. The number of benzene rings is 3. The Kier molecular flexibility index (Phi) is 7.40. The SMILES string of the molecule is CC1=C(C(=O)Nc2ccc(C)cc2C)[C@@H](c2cccc([N+](=O)[O-])c2)n2nc(SCc3ccccc3Cl)nc2N1. The van der Waals surface area contributed by atoms with Gasteiger partial charge in [0.2, 0.25) is 11.1 Å². The van der Waals surface area contributed by atoms with Gasteiger partial charge in [0.05, 0.1) is 10.5 Å². The summed E-state index contributed by atoms with van der Waals surface area (Å²) in [6.07, 6.45) is 0. The number of allylic oxidation sites excluding steroid dienone is 1. The van der Waals surface area contributed by atoms with Gasteiger partial charge in [-0.25, -0.2) is 4.68 Å². The zero-order valence-corrected chi connectivity index (χ0v) is 23.0. The van der Waals surface area contributed by atoms with Gasteiger partial charge in [-0.2, -0.15) is 4.98 Å². The fourth-order valence-corrected chi connectivity index (χ4v) is 5.62. The summed E-state index contributed by atoms with van der Waals surface area (Å²) in [7, 11) is 0. The molecule has 11 heteroatoms. The van der Waals surface area contributed by atoms with Crippen LogP contribution in [0.4, 0.5) is 17.3 Å². The highest BCUT2D eigenvalue weighted by Gasteiger charge is 2.35. The highest BCUT2D eigenvalue weighted by molar-refractivity contribution is 7.98. The van der Waals surface area contributed by atoms with E-state index >= 15 is 0 Å². The molecule has 0 saturated carbocycles. The van der Waals surface area contributed by atoms with Gasteiger partial charge in [-0.15, -0.1) is 5.10 Å². The summed E-state index contributed by atoms with van der Waals surface area (Å²) in [5, 5.41) is 23.6. The molecule has 1 atom stereocenters. The highest BCUT2D eigenvalue weighted by Crippen LogP contribution is 2.38. The van der Waals surface area contributed by atoms with Crippen LogP contribution in [0.5, 0.6) is 0 Å². The molecule has 9 nitrogen and oxygen atoms in total. The number of fused-ring (bicyclic) bond motifs is 1. The predicted octanol–water partition coefficient (Wildman–Crippen LogP) is 6.68. The van der Waals surface area contributed by atoms with E-state index in [9.17, 15) is 14.9 Å². The van der Waals surface area contributed by atoms with Crippen LogP contribution in [-0.2, 0) is 10.5 Å². The molecule has 0 bridgehead atoms. The Bertz CT molecular complexity index is 1630. The van der Waals surface area contributed by atoms with Crippen molar-refractivity contribution in [2.24, 2.45) is 0 Å². The van der Waals surface area contributed by atoms with Gasteiger partial charge in [-0.05, 0) is 49.6 Å². The molecule has 1 aliphatic heterocycles. The number of thioether (sulfide) groups is 1. The van der Waals surface area contributed by atoms with Gasteiger partial charge in [-0.1, -0.05) is 71.4 Å². The third-order valence-corrected chi connectivity index (χ3v) is 7.67. The first-order chi connectivity index (χ1) is 18.7. The number of hydrogen-bond acceptors (Lipinski definition) is 7. The van der Waals surface area contributed by atoms with Crippen molar-refractivity contribution in [1.82, 2.24) is 14.8 Å². The Morgan fingerprint density at radius 1 is 1.13 bits per heavy atom. The molecule has 2 heterocycles. The predicted molar refractivity (Wildman–Crippen MR) is 153 cm³/mol. The van der Waals surface area contributed by atoms with Crippen molar-refractivity contribution in [1.29, 1.82) is 0 Å². The molecule has 3 aromatic carbocycles. The number of rotatable bonds is 7. The molecule has 1 aromatic heterocycles. The molecule has 0 saturated heterocycles. The highest BCUT2D eigenvalue weighted by atomic mass is 35.5. The lowest BCUT2D eigenvalue weighted by atomic mass is 9.94. The van der Waals surface area contributed by atoms with Crippen molar-refractivity contribution < 1.29 is 9.72 Å². The van der Waals surface area contributed by atoms with E-state index in [1.54, 1.807) is 23.7 Å². The molecule has 2 N–H and O–H groups in total. The van der Waals surface area contributed by atoms with Gasteiger partial charge in [0.25, 0.3) is 11.6 Å². The van der Waals surface area contributed by atoms with Crippen molar-refractivity contribution in [3.8, 4) is 0 Å². The first-order valence-corrected chi connectivity index (χ1v) is 13.5. The maximum absolute atomic E-state index is 13.8. The summed E-state index contributed by atoms with van der Waals surface area (Å²) >= 11 is 7.72. The normalized spacial score (nSPS) is 14.5. The topological polar surface area (TPSA) is 115 Å². The van der Waals surface area contributed by atoms with Crippen molar-refractivity contribution in [3.63, 3.8) is 0 Å². The standard InChI is InChI=1S/C28H25ClN6O3S/c1-16-11-12-23(17(2)13-16)31-26(36)24-18(3)30-27-32-28(39-15-20-7-4-5-10-22(20)29)33-34(27)25(24)19-8-6-9-21(14-19)35(37)38/h4-14,25H,15H2,1-3H3,(H,31,36)(H,30,32,33)/t25-/m1/s1. The average Bonchev–Trinajstić information content (AvgIpc) is 3.31. The summed E-state index contributed by atoms with van der Waals surface area (Å²) in [6.45, 7) is 5.71. The van der Waals surface area contributed by atoms with Gasteiger partial charge >= 0.3 is 0 Å². The van der Waals surface area contributed by atoms with Gasteiger partial charge < -0.3 is 10.6 Å². The van der Waals surface area contributed by atoms with Crippen molar-refractivity contribution >= 4 is 46.6 Å². The monoisotopic (exact) mass is 560 g/mol. The molecule has 5 rings (SSSR count). The lowest BCUT2D eigenvalue weighted by Crippen LogP contribution is -2.31. The second kappa shape index (κ2) is 10.9. The van der Waals surface area contributed by atoms with Crippen LogP contribution >= 0.6 is 23.4 Å². The number of amides is 1. The summed E-state index contributed by atoms with van der Waals surface area (Å²) in [4.78, 5) is 29.5. The first-order valence-electron chi connectivity index (χ1n) is 12.1. The van der Waals surface area contributed by atoms with E-state index in [1.807, 2.05) is 56.3 Å². The smallest absolute Gasteiger partial charge is 0.269 e. The number of anilines is 2. The minimum Gasteiger partial charge on any atom is -0.328 e. The third kappa shape index (κ3) is 5.52. The summed E-state index contributed by atoms with van der Waals surface area (Å²) in [5.41, 5.74) is 5.08. The molecule has 39 heavy (non-hydrogen) atoms. The van der Waals surface area contributed by atoms with Crippen LogP contribution in [0.1, 0.15) is 35.2 Å². The average molecular weight is 561 g/mol. The number of carbonyl (C=O) groups is 1. The van der Waals surface area contributed by atoms with Crippen molar-refractivity contribution in [3.05, 3.63) is 115 Å².